The Morgan fingerprint density at radius 2 is 2.10 bits per heavy atom. The summed E-state index contributed by atoms with van der Waals surface area (Å²) in [5.41, 5.74) is 7.03. The number of rotatable bonds is 5. The molecule has 1 heterocycles. The zero-order chi connectivity index (χ0) is 15.2. The van der Waals surface area contributed by atoms with Gasteiger partial charge in [0.1, 0.15) is 0 Å². The van der Waals surface area contributed by atoms with Gasteiger partial charge in [0.2, 0.25) is 5.91 Å². The molecule has 1 aromatic carbocycles. The maximum absolute atomic E-state index is 12.4. The first kappa shape index (κ1) is 16.0. The first-order valence-electron chi connectivity index (χ1n) is 7.82. The van der Waals surface area contributed by atoms with E-state index in [1.54, 1.807) is 4.90 Å². The second-order valence-corrected chi connectivity index (χ2v) is 6.22. The van der Waals surface area contributed by atoms with Gasteiger partial charge in [0.05, 0.1) is 6.54 Å². The van der Waals surface area contributed by atoms with Crippen LogP contribution in [0.3, 0.4) is 0 Å². The van der Waals surface area contributed by atoms with Crippen molar-refractivity contribution in [3.8, 4) is 0 Å². The number of nitrogens with two attached hydrogens (primary N) is 1. The van der Waals surface area contributed by atoms with Crippen molar-refractivity contribution in [1.82, 2.24) is 9.80 Å². The minimum Gasteiger partial charge on any atom is -0.340 e. The highest BCUT2D eigenvalue weighted by Crippen LogP contribution is 2.21. The summed E-state index contributed by atoms with van der Waals surface area (Å²) < 4.78 is 0. The molecule has 2 N–H and O–H groups in total. The van der Waals surface area contributed by atoms with Gasteiger partial charge < -0.3 is 10.6 Å². The number of likely N-dealkylation sites (N-methyl/N-ethyl adjacent to an activating group) is 1. The van der Waals surface area contributed by atoms with Crippen LogP contribution in [-0.4, -0.2) is 48.4 Å². The predicted molar refractivity (Wildman–Crippen MR) is 85.7 cm³/mol. The molecule has 2 atom stereocenters. The summed E-state index contributed by atoms with van der Waals surface area (Å²) in [5.74, 6) is 0.888. The quantitative estimate of drug-likeness (QED) is 0.897. The Morgan fingerprint density at radius 3 is 2.76 bits per heavy atom. The van der Waals surface area contributed by atoms with E-state index in [0.717, 1.165) is 24.9 Å². The van der Waals surface area contributed by atoms with E-state index in [4.69, 9.17) is 5.73 Å². The fourth-order valence-corrected chi connectivity index (χ4v) is 2.99. The molecule has 1 aliphatic heterocycles. The molecule has 1 saturated heterocycles. The lowest BCUT2D eigenvalue weighted by atomic mass is 9.92. The zero-order valence-electron chi connectivity index (χ0n) is 13.2. The van der Waals surface area contributed by atoms with Crippen LogP contribution in [0.25, 0.3) is 0 Å². The number of hydrogen-bond acceptors (Lipinski definition) is 3. The average Bonchev–Trinajstić information content (AvgIpc) is 2.49. The van der Waals surface area contributed by atoms with Crippen LogP contribution in [0.2, 0.25) is 0 Å². The van der Waals surface area contributed by atoms with Crippen LogP contribution < -0.4 is 5.73 Å². The van der Waals surface area contributed by atoms with E-state index in [2.05, 4.69) is 24.0 Å². The molecule has 21 heavy (non-hydrogen) atoms. The first-order valence-corrected chi connectivity index (χ1v) is 7.82. The van der Waals surface area contributed by atoms with Crippen LogP contribution in [0.5, 0.6) is 0 Å². The summed E-state index contributed by atoms with van der Waals surface area (Å²) in [4.78, 5) is 16.5. The van der Waals surface area contributed by atoms with Crippen LogP contribution in [0, 0.1) is 5.92 Å². The summed E-state index contributed by atoms with van der Waals surface area (Å²) in [6, 6.07) is 10.5. The highest BCUT2D eigenvalue weighted by atomic mass is 16.2. The van der Waals surface area contributed by atoms with Crippen LogP contribution in [0.1, 0.15) is 25.3 Å². The summed E-state index contributed by atoms with van der Waals surface area (Å²) in [5, 5.41) is 0. The monoisotopic (exact) mass is 289 g/mol. The van der Waals surface area contributed by atoms with E-state index >= 15 is 0 Å². The Kier molecular flexibility index (Phi) is 5.76. The standard InChI is InChI=1S/C17H27N3O/c1-14-8-9-20(16(10-14)11-18)13-17(21)19(2)12-15-6-4-3-5-7-15/h3-7,14,16H,8-13,18H2,1-2H3. The smallest absolute Gasteiger partial charge is 0.236 e. The Hall–Kier alpha value is -1.39. The fraction of sp³-hybridized carbons (Fsp3) is 0.588. The number of nitrogens with zero attached hydrogens (tertiary/aromatic N) is 2. The molecule has 0 spiro atoms. The van der Waals surface area contributed by atoms with Crippen molar-refractivity contribution in [1.29, 1.82) is 0 Å². The summed E-state index contributed by atoms with van der Waals surface area (Å²) in [7, 11) is 1.87. The van der Waals surface area contributed by atoms with Gasteiger partial charge in [0, 0.05) is 26.2 Å². The Bertz CT molecular complexity index is 449. The van der Waals surface area contributed by atoms with Crippen LogP contribution >= 0.6 is 0 Å². The number of carbonyl (C=O) groups is 1. The van der Waals surface area contributed by atoms with Crippen molar-refractivity contribution in [2.45, 2.75) is 32.4 Å². The molecule has 1 amide bonds. The lowest BCUT2D eigenvalue weighted by Crippen LogP contribution is -2.50. The Morgan fingerprint density at radius 1 is 1.38 bits per heavy atom. The van der Waals surface area contributed by atoms with Crippen molar-refractivity contribution in [3.63, 3.8) is 0 Å². The van der Waals surface area contributed by atoms with E-state index in [-0.39, 0.29) is 5.91 Å². The predicted octanol–water partition coefficient (Wildman–Crippen LogP) is 1.70. The maximum Gasteiger partial charge on any atom is 0.236 e. The van der Waals surface area contributed by atoms with Crippen molar-refractivity contribution in [2.24, 2.45) is 11.7 Å². The van der Waals surface area contributed by atoms with Gasteiger partial charge in [-0.15, -0.1) is 0 Å². The highest BCUT2D eigenvalue weighted by molar-refractivity contribution is 5.78. The van der Waals surface area contributed by atoms with Gasteiger partial charge in [0.15, 0.2) is 0 Å². The van der Waals surface area contributed by atoms with Crippen molar-refractivity contribution < 1.29 is 4.79 Å². The topological polar surface area (TPSA) is 49.6 Å². The van der Waals surface area contributed by atoms with E-state index < -0.39 is 0 Å². The number of carbonyl (C=O) groups excluding carboxylic acids is 1. The average molecular weight is 289 g/mol. The minimum atomic E-state index is 0.173. The number of hydrogen-bond donors (Lipinski definition) is 1. The highest BCUT2D eigenvalue weighted by Gasteiger charge is 2.27. The van der Waals surface area contributed by atoms with Gasteiger partial charge in [-0.05, 0) is 30.9 Å². The first-order chi connectivity index (χ1) is 10.1. The second-order valence-electron chi connectivity index (χ2n) is 6.22. The molecular weight excluding hydrogens is 262 g/mol. The third-order valence-corrected chi connectivity index (χ3v) is 4.40. The van der Waals surface area contributed by atoms with Crippen molar-refractivity contribution >= 4 is 5.91 Å². The second kappa shape index (κ2) is 7.57. The van der Waals surface area contributed by atoms with Gasteiger partial charge in [-0.2, -0.15) is 0 Å². The lowest BCUT2D eigenvalue weighted by molar-refractivity contribution is -0.132. The molecule has 1 aromatic rings. The third-order valence-electron chi connectivity index (χ3n) is 4.40. The largest absolute Gasteiger partial charge is 0.340 e. The third kappa shape index (κ3) is 4.55. The minimum absolute atomic E-state index is 0.173. The molecule has 116 valence electrons. The zero-order valence-corrected chi connectivity index (χ0v) is 13.2. The van der Waals surface area contributed by atoms with Crippen LogP contribution in [-0.2, 0) is 11.3 Å². The van der Waals surface area contributed by atoms with E-state index in [9.17, 15) is 4.79 Å². The van der Waals surface area contributed by atoms with Gasteiger partial charge in [0.25, 0.3) is 0 Å². The van der Waals surface area contributed by atoms with E-state index in [0.29, 0.717) is 31.6 Å². The Labute approximate surface area is 127 Å². The number of amides is 1. The summed E-state index contributed by atoms with van der Waals surface area (Å²) >= 11 is 0. The maximum atomic E-state index is 12.4. The van der Waals surface area contributed by atoms with Crippen LogP contribution in [0.4, 0.5) is 0 Å². The number of piperidine rings is 1. The normalized spacial score (nSPS) is 23.0. The molecule has 2 rings (SSSR count). The van der Waals surface area contributed by atoms with Gasteiger partial charge in [-0.1, -0.05) is 37.3 Å². The number of likely N-dealkylation sites (tertiary alicyclic amines) is 1. The molecule has 0 aromatic heterocycles. The molecule has 0 saturated carbocycles. The number of benzene rings is 1. The molecule has 4 heteroatoms. The molecule has 1 fully saturated rings. The molecule has 0 aliphatic carbocycles. The molecule has 1 aliphatic rings. The lowest BCUT2D eigenvalue weighted by Gasteiger charge is -2.38. The van der Waals surface area contributed by atoms with Crippen LogP contribution in [0.15, 0.2) is 30.3 Å². The molecule has 4 nitrogen and oxygen atoms in total. The molecule has 2 unspecified atom stereocenters. The van der Waals surface area contributed by atoms with Crippen molar-refractivity contribution in [3.05, 3.63) is 35.9 Å². The van der Waals surface area contributed by atoms with Gasteiger partial charge >= 0.3 is 0 Å². The molecule has 0 radical (unpaired) electrons. The summed E-state index contributed by atoms with van der Waals surface area (Å²) in [6.07, 6.45) is 2.26. The Balaban J connectivity index is 1.88. The van der Waals surface area contributed by atoms with E-state index in [1.165, 1.54) is 0 Å². The fourth-order valence-electron chi connectivity index (χ4n) is 2.99. The van der Waals surface area contributed by atoms with Gasteiger partial charge in [-0.3, -0.25) is 9.69 Å². The van der Waals surface area contributed by atoms with Crippen molar-refractivity contribution in [2.75, 3.05) is 26.7 Å². The SMILES string of the molecule is CC1CCN(CC(=O)N(C)Cc2ccccc2)C(CN)C1. The summed E-state index contributed by atoms with van der Waals surface area (Å²) in [6.45, 7) is 5.03. The van der Waals surface area contributed by atoms with E-state index in [1.807, 2.05) is 25.2 Å². The molecular formula is C17H27N3O. The van der Waals surface area contributed by atoms with Gasteiger partial charge in [-0.25, -0.2) is 0 Å². The molecule has 0 bridgehead atoms.